The highest BCUT2D eigenvalue weighted by molar-refractivity contribution is 5.84. The molecule has 1 unspecified atom stereocenters. The first-order valence-corrected chi connectivity index (χ1v) is 7.28. The van der Waals surface area contributed by atoms with Crippen LogP contribution in [0.15, 0.2) is 24.3 Å². The summed E-state index contributed by atoms with van der Waals surface area (Å²) in [6.45, 7) is 6.24. The molecule has 0 aromatic heterocycles. The summed E-state index contributed by atoms with van der Waals surface area (Å²) in [5.74, 6) is -0.0385. The van der Waals surface area contributed by atoms with E-state index in [1.165, 1.54) is 0 Å². The number of amides is 2. The molecule has 120 valence electrons. The second-order valence-corrected chi connectivity index (χ2v) is 6.46. The van der Waals surface area contributed by atoms with Gasteiger partial charge in [0, 0.05) is 18.8 Å². The van der Waals surface area contributed by atoms with Gasteiger partial charge >= 0.3 is 6.09 Å². The van der Waals surface area contributed by atoms with Crippen LogP contribution in [0, 0.1) is 0 Å². The van der Waals surface area contributed by atoms with Gasteiger partial charge in [0.2, 0.25) is 5.91 Å². The predicted molar refractivity (Wildman–Crippen MR) is 82.3 cm³/mol. The Bertz CT molecular complexity index is 548. The van der Waals surface area contributed by atoms with Gasteiger partial charge in [-0.15, -0.1) is 0 Å². The lowest BCUT2D eigenvalue weighted by Crippen LogP contribution is -2.27. The lowest BCUT2D eigenvalue weighted by Gasteiger charge is -2.20. The Morgan fingerprint density at radius 3 is 2.50 bits per heavy atom. The Hall–Kier alpha value is -2.08. The minimum absolute atomic E-state index is 0.0385. The molecule has 1 aromatic carbocycles. The Labute approximate surface area is 130 Å². The number of nitrogens with one attached hydrogen (secondary N) is 1. The number of hydrogen-bond acceptors (Lipinski definition) is 4. The first-order valence-electron chi connectivity index (χ1n) is 7.28. The largest absolute Gasteiger partial charge is 0.444 e. The SMILES string of the molecule is CC(C)(C)OC(=O)Nc1ccc(CN2CC(O)CC2=O)cc1. The molecule has 0 spiro atoms. The van der Waals surface area contributed by atoms with Crippen molar-refractivity contribution in [2.75, 3.05) is 11.9 Å². The summed E-state index contributed by atoms with van der Waals surface area (Å²) in [5.41, 5.74) is 1.03. The molecular weight excluding hydrogens is 284 g/mol. The molecule has 1 aliphatic rings. The molecule has 2 N–H and O–H groups in total. The molecule has 1 saturated heterocycles. The number of aliphatic hydroxyl groups is 1. The molecule has 2 amide bonds. The molecule has 6 nitrogen and oxygen atoms in total. The van der Waals surface area contributed by atoms with Crippen LogP contribution < -0.4 is 5.32 Å². The molecule has 22 heavy (non-hydrogen) atoms. The zero-order valence-electron chi connectivity index (χ0n) is 13.1. The number of anilines is 1. The summed E-state index contributed by atoms with van der Waals surface area (Å²) in [6.07, 6.45) is -0.878. The highest BCUT2D eigenvalue weighted by Crippen LogP contribution is 2.17. The van der Waals surface area contributed by atoms with Crippen molar-refractivity contribution in [3.63, 3.8) is 0 Å². The molecule has 1 fully saturated rings. The van der Waals surface area contributed by atoms with Gasteiger partial charge in [-0.1, -0.05) is 12.1 Å². The van der Waals surface area contributed by atoms with E-state index in [1.54, 1.807) is 37.8 Å². The van der Waals surface area contributed by atoms with Crippen LogP contribution in [0.5, 0.6) is 0 Å². The lowest BCUT2D eigenvalue weighted by molar-refractivity contribution is -0.128. The van der Waals surface area contributed by atoms with Gasteiger partial charge in [-0.25, -0.2) is 4.79 Å². The van der Waals surface area contributed by atoms with Gasteiger partial charge in [0.1, 0.15) is 5.60 Å². The van der Waals surface area contributed by atoms with Crippen molar-refractivity contribution in [3.8, 4) is 0 Å². The summed E-state index contributed by atoms with van der Waals surface area (Å²) in [6, 6.07) is 7.20. The van der Waals surface area contributed by atoms with Gasteiger partial charge in [0.25, 0.3) is 0 Å². The molecule has 0 bridgehead atoms. The number of benzene rings is 1. The molecule has 0 aliphatic carbocycles. The quantitative estimate of drug-likeness (QED) is 0.896. The minimum atomic E-state index is -0.569. The van der Waals surface area contributed by atoms with Crippen LogP contribution in [0.3, 0.4) is 0 Å². The lowest BCUT2D eigenvalue weighted by atomic mass is 10.2. The molecule has 1 aliphatic heterocycles. The Balaban J connectivity index is 1.90. The predicted octanol–water partition coefficient (Wildman–Crippen LogP) is 2.13. The average molecular weight is 306 g/mol. The third kappa shape index (κ3) is 4.73. The van der Waals surface area contributed by atoms with Crippen LogP contribution in [0.25, 0.3) is 0 Å². The number of ether oxygens (including phenoxy) is 1. The van der Waals surface area contributed by atoms with E-state index in [0.717, 1.165) is 5.56 Å². The van der Waals surface area contributed by atoms with Crippen molar-refractivity contribution in [3.05, 3.63) is 29.8 Å². The van der Waals surface area contributed by atoms with E-state index < -0.39 is 17.8 Å². The van der Waals surface area contributed by atoms with E-state index in [2.05, 4.69) is 5.32 Å². The molecule has 0 radical (unpaired) electrons. The number of likely N-dealkylation sites (tertiary alicyclic amines) is 1. The van der Waals surface area contributed by atoms with Crippen molar-refractivity contribution in [2.24, 2.45) is 0 Å². The second kappa shape index (κ2) is 6.36. The van der Waals surface area contributed by atoms with Crippen LogP contribution in [0.1, 0.15) is 32.8 Å². The Morgan fingerprint density at radius 1 is 1.36 bits per heavy atom. The topological polar surface area (TPSA) is 78.9 Å². The van der Waals surface area contributed by atoms with Crippen LogP contribution >= 0.6 is 0 Å². The average Bonchev–Trinajstić information content (AvgIpc) is 2.68. The number of carbonyl (C=O) groups excluding carboxylic acids is 2. The second-order valence-electron chi connectivity index (χ2n) is 6.46. The summed E-state index contributed by atoms with van der Waals surface area (Å²) < 4.78 is 5.17. The molecule has 1 heterocycles. The number of β-amino-alcohol motifs (C(OH)–C–C–N with tert-alkyl or cyclic N) is 1. The van der Waals surface area contributed by atoms with Gasteiger partial charge in [0.05, 0.1) is 12.5 Å². The third-order valence-corrected chi connectivity index (χ3v) is 3.17. The number of carbonyl (C=O) groups is 2. The molecule has 1 aromatic rings. The normalized spacial score (nSPS) is 18.5. The van der Waals surface area contributed by atoms with E-state index in [9.17, 15) is 14.7 Å². The Kier molecular flexibility index (Phi) is 4.71. The smallest absolute Gasteiger partial charge is 0.412 e. The van der Waals surface area contributed by atoms with Crippen LogP contribution in [-0.4, -0.2) is 40.3 Å². The van der Waals surface area contributed by atoms with Crippen LogP contribution in [0.4, 0.5) is 10.5 Å². The van der Waals surface area contributed by atoms with Gasteiger partial charge in [-0.05, 0) is 38.5 Å². The number of aliphatic hydroxyl groups excluding tert-OH is 1. The highest BCUT2D eigenvalue weighted by atomic mass is 16.6. The highest BCUT2D eigenvalue weighted by Gasteiger charge is 2.27. The minimum Gasteiger partial charge on any atom is -0.444 e. The van der Waals surface area contributed by atoms with Crippen molar-refractivity contribution >= 4 is 17.7 Å². The van der Waals surface area contributed by atoms with E-state index >= 15 is 0 Å². The van der Waals surface area contributed by atoms with Gasteiger partial charge < -0.3 is 14.7 Å². The summed E-state index contributed by atoms with van der Waals surface area (Å²) >= 11 is 0. The summed E-state index contributed by atoms with van der Waals surface area (Å²) in [5, 5.41) is 12.1. The van der Waals surface area contributed by atoms with Crippen LogP contribution in [0.2, 0.25) is 0 Å². The molecule has 0 saturated carbocycles. The van der Waals surface area contributed by atoms with Crippen LogP contribution in [-0.2, 0) is 16.1 Å². The molecule has 2 rings (SSSR count). The third-order valence-electron chi connectivity index (χ3n) is 3.17. The van der Waals surface area contributed by atoms with Crippen molar-refractivity contribution in [1.29, 1.82) is 0 Å². The molecule has 1 atom stereocenters. The first-order chi connectivity index (χ1) is 10.2. The standard InChI is InChI=1S/C16H22N2O4/c1-16(2,3)22-15(21)17-12-6-4-11(5-7-12)9-18-10-13(19)8-14(18)20/h4-7,13,19H,8-10H2,1-3H3,(H,17,21). The zero-order chi connectivity index (χ0) is 16.3. The van der Waals surface area contributed by atoms with E-state index in [0.29, 0.717) is 18.8 Å². The monoisotopic (exact) mass is 306 g/mol. The van der Waals surface area contributed by atoms with E-state index in [4.69, 9.17) is 4.74 Å². The first kappa shape index (κ1) is 16.3. The fraction of sp³-hybridized carbons (Fsp3) is 0.500. The van der Waals surface area contributed by atoms with Gasteiger partial charge in [-0.3, -0.25) is 10.1 Å². The van der Waals surface area contributed by atoms with Gasteiger partial charge in [0.15, 0.2) is 0 Å². The van der Waals surface area contributed by atoms with E-state index in [1.807, 2.05) is 12.1 Å². The fourth-order valence-electron chi connectivity index (χ4n) is 2.24. The summed E-state index contributed by atoms with van der Waals surface area (Å²) in [4.78, 5) is 24.9. The van der Waals surface area contributed by atoms with Crippen molar-refractivity contribution < 1.29 is 19.4 Å². The zero-order valence-corrected chi connectivity index (χ0v) is 13.1. The Morgan fingerprint density at radius 2 is 2.00 bits per heavy atom. The number of hydrogen-bond donors (Lipinski definition) is 2. The van der Waals surface area contributed by atoms with Crippen molar-refractivity contribution in [1.82, 2.24) is 4.90 Å². The maximum absolute atomic E-state index is 11.7. The van der Waals surface area contributed by atoms with Gasteiger partial charge in [-0.2, -0.15) is 0 Å². The summed E-state index contributed by atoms with van der Waals surface area (Å²) in [7, 11) is 0. The number of nitrogens with zero attached hydrogens (tertiary/aromatic N) is 1. The number of rotatable bonds is 3. The fourth-order valence-corrected chi connectivity index (χ4v) is 2.24. The molecule has 6 heteroatoms. The maximum Gasteiger partial charge on any atom is 0.412 e. The maximum atomic E-state index is 11.7. The molecular formula is C16H22N2O4. The van der Waals surface area contributed by atoms with E-state index in [-0.39, 0.29) is 12.3 Å². The van der Waals surface area contributed by atoms with Crippen molar-refractivity contribution in [2.45, 2.75) is 45.4 Å².